The average molecular weight is 597 g/mol. The lowest BCUT2D eigenvalue weighted by molar-refractivity contribution is -0.118. The molecule has 2 N–H and O–H groups in total. The Morgan fingerprint density at radius 3 is 1.95 bits per heavy atom. The molecule has 44 heavy (non-hydrogen) atoms. The number of nitrogens with one attached hydrogen (secondary N) is 2. The molecule has 1 aliphatic carbocycles. The van der Waals surface area contributed by atoms with Crippen molar-refractivity contribution in [1.82, 2.24) is 9.55 Å². The number of methoxy groups -OCH3 is 2. The number of rotatable bonds is 11. The summed E-state index contributed by atoms with van der Waals surface area (Å²) < 4.78 is 11.8. The van der Waals surface area contributed by atoms with Gasteiger partial charge < -0.3 is 19.7 Å². The van der Waals surface area contributed by atoms with Gasteiger partial charge in [-0.05, 0) is 53.8 Å². The van der Waals surface area contributed by atoms with E-state index in [1.54, 1.807) is 50.6 Å². The van der Waals surface area contributed by atoms with Crippen molar-refractivity contribution < 1.29 is 19.1 Å². The third-order valence-corrected chi connectivity index (χ3v) is 7.85. The number of ether oxygens (including phenoxy) is 2. The van der Waals surface area contributed by atoms with Gasteiger partial charge in [-0.1, -0.05) is 67.4 Å². The van der Waals surface area contributed by atoms with Gasteiger partial charge in [0.05, 0.1) is 33.6 Å². The number of H-pyrrole nitrogens is 1. The minimum Gasteiger partial charge on any atom is -0.497 e. The van der Waals surface area contributed by atoms with Crippen LogP contribution in [0, 0.1) is 0 Å². The van der Waals surface area contributed by atoms with Gasteiger partial charge in [-0.2, -0.15) is 0 Å². The second-order valence-electron chi connectivity index (χ2n) is 10.8. The molecule has 10 heteroatoms. The Morgan fingerprint density at radius 1 is 0.818 bits per heavy atom. The van der Waals surface area contributed by atoms with Crippen LogP contribution < -0.4 is 30.9 Å². The van der Waals surface area contributed by atoms with Crippen LogP contribution in [-0.2, 0) is 29.0 Å². The van der Waals surface area contributed by atoms with E-state index in [2.05, 4.69) is 10.3 Å². The maximum Gasteiger partial charge on any atom is 0.330 e. The maximum atomic E-state index is 14.1. The number of carbonyl (C=O) groups excluding carboxylic acids is 2. The number of hydrogen-bond donors (Lipinski definition) is 2. The summed E-state index contributed by atoms with van der Waals surface area (Å²) in [5.41, 5.74) is 0.808. The molecule has 1 fully saturated rings. The standard InChI is InChI=1S/C34H36N4O6/c1-43-27-16-12-23(13-17-27)20-29(39)35-32-31(33(41)36-34(42)37(32)22-25-8-4-3-5-9-25)38(26-10-6-7-11-26)30(40)21-24-14-18-28(44-2)19-15-24/h3-5,8-9,12-19,26H,6-7,10-11,20-22H2,1-2H3,(H,35,39)(H,36,41,42). The molecule has 1 saturated carbocycles. The molecule has 0 radical (unpaired) electrons. The van der Waals surface area contributed by atoms with Crippen LogP contribution in [0.25, 0.3) is 0 Å². The van der Waals surface area contributed by atoms with Gasteiger partial charge in [0.2, 0.25) is 11.8 Å². The fraction of sp³-hybridized carbons (Fsp3) is 0.294. The number of hydrogen-bond acceptors (Lipinski definition) is 6. The highest BCUT2D eigenvalue weighted by Gasteiger charge is 2.34. The predicted octanol–water partition coefficient (Wildman–Crippen LogP) is 4.30. The van der Waals surface area contributed by atoms with Crippen molar-refractivity contribution in [3.63, 3.8) is 0 Å². The van der Waals surface area contributed by atoms with E-state index in [0.717, 1.165) is 29.5 Å². The van der Waals surface area contributed by atoms with Gasteiger partial charge in [0.25, 0.3) is 5.56 Å². The van der Waals surface area contributed by atoms with Crippen LogP contribution in [0.2, 0.25) is 0 Å². The zero-order valence-corrected chi connectivity index (χ0v) is 24.9. The topological polar surface area (TPSA) is 123 Å². The van der Waals surface area contributed by atoms with Gasteiger partial charge in [-0.3, -0.25) is 23.9 Å². The minimum atomic E-state index is -0.728. The van der Waals surface area contributed by atoms with Crippen molar-refractivity contribution in [3.05, 3.63) is 116 Å². The van der Waals surface area contributed by atoms with Crippen LogP contribution in [0.1, 0.15) is 42.4 Å². The molecule has 4 aromatic rings. The monoisotopic (exact) mass is 596 g/mol. The van der Waals surface area contributed by atoms with Gasteiger partial charge in [0.15, 0.2) is 5.69 Å². The Balaban J connectivity index is 1.58. The Labute approximate surface area is 255 Å². The molecule has 0 unspecified atom stereocenters. The first-order valence-corrected chi connectivity index (χ1v) is 14.6. The molecular formula is C34H36N4O6. The summed E-state index contributed by atoms with van der Waals surface area (Å²) in [6.45, 7) is 0.0762. The van der Waals surface area contributed by atoms with E-state index in [9.17, 15) is 19.2 Å². The number of aromatic amines is 1. The second-order valence-corrected chi connectivity index (χ2v) is 10.8. The highest BCUT2D eigenvalue weighted by atomic mass is 16.5. The summed E-state index contributed by atoms with van der Waals surface area (Å²) in [5.74, 6) is 0.585. The quantitative estimate of drug-likeness (QED) is 0.266. The predicted molar refractivity (Wildman–Crippen MR) is 169 cm³/mol. The lowest BCUT2D eigenvalue weighted by Crippen LogP contribution is -2.46. The van der Waals surface area contributed by atoms with Crippen LogP contribution in [0.3, 0.4) is 0 Å². The van der Waals surface area contributed by atoms with Gasteiger partial charge in [-0.15, -0.1) is 0 Å². The molecule has 1 aromatic heterocycles. The zero-order valence-electron chi connectivity index (χ0n) is 24.9. The molecule has 5 rings (SSSR count). The molecule has 0 bridgehead atoms. The van der Waals surface area contributed by atoms with Crippen LogP contribution in [-0.4, -0.2) is 41.6 Å². The number of benzene rings is 3. The van der Waals surface area contributed by atoms with Gasteiger partial charge in [0.1, 0.15) is 17.3 Å². The largest absolute Gasteiger partial charge is 0.497 e. The minimum absolute atomic E-state index is 0.00362. The lowest BCUT2D eigenvalue weighted by Gasteiger charge is -2.31. The van der Waals surface area contributed by atoms with E-state index in [1.165, 1.54) is 9.47 Å². The highest BCUT2D eigenvalue weighted by molar-refractivity contribution is 6.01. The van der Waals surface area contributed by atoms with Crippen molar-refractivity contribution in [2.75, 3.05) is 24.4 Å². The Morgan fingerprint density at radius 2 is 1.39 bits per heavy atom. The van der Waals surface area contributed by atoms with Gasteiger partial charge in [0, 0.05) is 6.04 Å². The normalized spacial score (nSPS) is 13.0. The van der Waals surface area contributed by atoms with E-state index in [4.69, 9.17) is 9.47 Å². The summed E-state index contributed by atoms with van der Waals surface area (Å²) in [6, 6.07) is 23.2. The fourth-order valence-electron chi connectivity index (χ4n) is 5.61. The van der Waals surface area contributed by atoms with Crippen molar-refractivity contribution in [3.8, 4) is 11.5 Å². The molecule has 0 aliphatic heterocycles. The highest BCUT2D eigenvalue weighted by Crippen LogP contribution is 2.32. The Hall–Kier alpha value is -5.12. The van der Waals surface area contributed by atoms with Crippen LogP contribution in [0.4, 0.5) is 11.5 Å². The zero-order chi connectivity index (χ0) is 31.1. The Bertz CT molecular complexity index is 1710. The summed E-state index contributed by atoms with van der Waals surface area (Å²) >= 11 is 0. The molecule has 228 valence electrons. The van der Waals surface area contributed by atoms with E-state index >= 15 is 0 Å². The molecule has 3 aromatic carbocycles. The van der Waals surface area contributed by atoms with Crippen molar-refractivity contribution in [1.29, 1.82) is 0 Å². The molecule has 0 atom stereocenters. The number of nitrogens with zero attached hydrogens (tertiary/aromatic N) is 2. The number of aromatic nitrogens is 2. The van der Waals surface area contributed by atoms with Gasteiger partial charge in [-0.25, -0.2) is 4.79 Å². The van der Waals surface area contributed by atoms with Crippen LogP contribution in [0.5, 0.6) is 11.5 Å². The van der Waals surface area contributed by atoms with Gasteiger partial charge >= 0.3 is 5.69 Å². The summed E-state index contributed by atoms with van der Waals surface area (Å²) in [4.78, 5) is 58.5. The molecule has 0 spiro atoms. The van der Waals surface area contributed by atoms with Crippen molar-refractivity contribution >= 4 is 23.3 Å². The van der Waals surface area contributed by atoms with E-state index < -0.39 is 17.2 Å². The number of anilines is 2. The second kappa shape index (κ2) is 13.9. The first-order chi connectivity index (χ1) is 21.4. The third-order valence-electron chi connectivity index (χ3n) is 7.85. The van der Waals surface area contributed by atoms with Crippen molar-refractivity contribution in [2.45, 2.75) is 51.1 Å². The third kappa shape index (κ3) is 7.08. The Kier molecular flexibility index (Phi) is 9.59. The summed E-state index contributed by atoms with van der Waals surface area (Å²) in [6.07, 6.45) is 3.21. The smallest absolute Gasteiger partial charge is 0.330 e. The summed E-state index contributed by atoms with van der Waals surface area (Å²) in [5, 5.41) is 2.86. The molecule has 2 amide bonds. The molecule has 1 heterocycles. The van der Waals surface area contributed by atoms with Crippen LogP contribution in [0.15, 0.2) is 88.5 Å². The number of carbonyl (C=O) groups is 2. The van der Waals surface area contributed by atoms with E-state index in [1.807, 2.05) is 42.5 Å². The molecule has 1 aliphatic rings. The van der Waals surface area contributed by atoms with Crippen molar-refractivity contribution in [2.24, 2.45) is 0 Å². The molecule has 0 saturated heterocycles. The van der Waals surface area contributed by atoms with E-state index in [-0.39, 0.29) is 42.8 Å². The maximum absolute atomic E-state index is 14.1. The molecular weight excluding hydrogens is 560 g/mol. The number of amides is 2. The average Bonchev–Trinajstić information content (AvgIpc) is 3.56. The lowest BCUT2D eigenvalue weighted by atomic mass is 10.1. The first kappa shape index (κ1) is 30.3. The van der Waals surface area contributed by atoms with Crippen LogP contribution >= 0.6 is 0 Å². The first-order valence-electron chi connectivity index (χ1n) is 14.6. The molecule has 10 nitrogen and oxygen atoms in total. The SMILES string of the molecule is COc1ccc(CC(=O)Nc2c(N(C(=O)Cc3ccc(OC)cc3)C3CCCC3)c(=O)[nH]c(=O)n2Cc2ccccc2)cc1. The summed E-state index contributed by atoms with van der Waals surface area (Å²) in [7, 11) is 3.14. The fourth-order valence-corrected chi connectivity index (χ4v) is 5.61. The van der Waals surface area contributed by atoms with E-state index in [0.29, 0.717) is 24.3 Å².